The number of hydrogen-bond donors (Lipinski definition) is 2. The average molecular weight is 402 g/mol. The molecule has 4 rings (SSSR count). The van der Waals surface area contributed by atoms with Gasteiger partial charge in [-0.2, -0.15) is 0 Å². The zero-order chi connectivity index (χ0) is 20.8. The summed E-state index contributed by atoms with van der Waals surface area (Å²) in [6.07, 6.45) is 8.78. The predicted molar refractivity (Wildman–Crippen MR) is 116 cm³/mol. The van der Waals surface area contributed by atoms with Gasteiger partial charge >= 0.3 is 0 Å². The molecule has 1 aromatic carbocycles. The molecular formula is C24H26N4O2. The summed E-state index contributed by atoms with van der Waals surface area (Å²) in [6.45, 7) is 1.15. The van der Waals surface area contributed by atoms with Gasteiger partial charge in [-0.1, -0.05) is 24.3 Å². The van der Waals surface area contributed by atoms with Crippen molar-refractivity contribution in [3.63, 3.8) is 0 Å². The second-order valence-electron chi connectivity index (χ2n) is 7.88. The number of rotatable bonds is 6. The Morgan fingerprint density at radius 3 is 2.57 bits per heavy atom. The van der Waals surface area contributed by atoms with Crippen LogP contribution in [-0.2, 0) is 11.3 Å². The molecule has 2 N–H and O–H groups in total. The van der Waals surface area contributed by atoms with Gasteiger partial charge in [0.05, 0.1) is 11.1 Å². The van der Waals surface area contributed by atoms with E-state index >= 15 is 0 Å². The van der Waals surface area contributed by atoms with E-state index in [0.29, 0.717) is 24.6 Å². The molecule has 0 bridgehead atoms. The standard InChI is InChI=1S/C24H26N4O2/c29-23(27-16-18-4-3-12-25-14-18)19-9-7-17(8-10-19)15-28-24(30)21-11-13-26-22-6-2-1-5-20(21)22/h1-6,11-14,17,19H,7-10,15-16H2,(H,27,29)(H,28,30). The van der Waals surface area contributed by atoms with Crippen LogP contribution in [-0.4, -0.2) is 28.3 Å². The van der Waals surface area contributed by atoms with Crippen LogP contribution in [0.4, 0.5) is 0 Å². The van der Waals surface area contributed by atoms with Crippen LogP contribution < -0.4 is 10.6 Å². The Labute approximate surface area is 176 Å². The Bertz CT molecular complexity index is 1010. The van der Waals surface area contributed by atoms with E-state index in [9.17, 15) is 9.59 Å². The van der Waals surface area contributed by atoms with Crippen molar-refractivity contribution in [2.45, 2.75) is 32.2 Å². The summed E-state index contributed by atoms with van der Waals surface area (Å²) in [7, 11) is 0. The van der Waals surface area contributed by atoms with E-state index in [1.165, 1.54) is 0 Å². The first-order valence-electron chi connectivity index (χ1n) is 10.5. The third-order valence-corrected chi connectivity index (χ3v) is 5.85. The van der Waals surface area contributed by atoms with E-state index in [4.69, 9.17) is 0 Å². The highest BCUT2D eigenvalue weighted by atomic mass is 16.2. The number of carbonyl (C=O) groups is 2. The molecule has 6 heteroatoms. The summed E-state index contributed by atoms with van der Waals surface area (Å²) in [6, 6.07) is 13.3. The molecule has 1 fully saturated rings. The molecular weight excluding hydrogens is 376 g/mol. The Balaban J connectivity index is 1.24. The number of nitrogens with zero attached hydrogens (tertiary/aromatic N) is 2. The van der Waals surface area contributed by atoms with Crippen LogP contribution in [0.5, 0.6) is 0 Å². The minimum atomic E-state index is -0.0649. The normalized spacial score (nSPS) is 18.7. The molecule has 6 nitrogen and oxygen atoms in total. The zero-order valence-corrected chi connectivity index (χ0v) is 16.9. The van der Waals surface area contributed by atoms with Crippen molar-refractivity contribution in [1.82, 2.24) is 20.6 Å². The third kappa shape index (κ3) is 4.82. The van der Waals surface area contributed by atoms with Crippen molar-refractivity contribution in [2.24, 2.45) is 11.8 Å². The van der Waals surface area contributed by atoms with E-state index in [2.05, 4.69) is 20.6 Å². The summed E-state index contributed by atoms with van der Waals surface area (Å²) < 4.78 is 0. The largest absolute Gasteiger partial charge is 0.352 e. The summed E-state index contributed by atoms with van der Waals surface area (Å²) in [5.74, 6) is 0.511. The Morgan fingerprint density at radius 1 is 0.933 bits per heavy atom. The van der Waals surface area contributed by atoms with E-state index in [-0.39, 0.29) is 17.7 Å². The summed E-state index contributed by atoms with van der Waals surface area (Å²) in [5, 5.41) is 6.96. The summed E-state index contributed by atoms with van der Waals surface area (Å²) in [4.78, 5) is 33.5. The molecule has 0 atom stereocenters. The molecule has 2 aromatic heterocycles. The minimum absolute atomic E-state index is 0.0535. The third-order valence-electron chi connectivity index (χ3n) is 5.85. The van der Waals surface area contributed by atoms with Crippen molar-refractivity contribution in [3.05, 3.63) is 72.2 Å². The van der Waals surface area contributed by atoms with Gasteiger partial charge in [-0.05, 0) is 55.4 Å². The smallest absolute Gasteiger partial charge is 0.252 e. The monoisotopic (exact) mass is 402 g/mol. The molecule has 2 amide bonds. The van der Waals surface area contributed by atoms with E-state index in [1.807, 2.05) is 36.4 Å². The quantitative estimate of drug-likeness (QED) is 0.661. The van der Waals surface area contributed by atoms with Crippen LogP contribution in [0.15, 0.2) is 61.1 Å². The zero-order valence-electron chi connectivity index (χ0n) is 16.9. The fraction of sp³-hybridized carbons (Fsp3) is 0.333. The van der Waals surface area contributed by atoms with Crippen molar-refractivity contribution >= 4 is 22.7 Å². The van der Waals surface area contributed by atoms with Crippen molar-refractivity contribution in [2.75, 3.05) is 6.54 Å². The van der Waals surface area contributed by atoms with Gasteiger partial charge in [-0.15, -0.1) is 0 Å². The Hall–Kier alpha value is -3.28. The number of fused-ring (bicyclic) bond motifs is 1. The summed E-state index contributed by atoms with van der Waals surface area (Å²) >= 11 is 0. The van der Waals surface area contributed by atoms with Gasteiger partial charge in [0.15, 0.2) is 0 Å². The molecule has 0 spiro atoms. The molecule has 0 unspecified atom stereocenters. The van der Waals surface area contributed by atoms with E-state index < -0.39 is 0 Å². The predicted octanol–water partition coefficient (Wildman–Crippen LogP) is 3.48. The number of nitrogens with one attached hydrogen (secondary N) is 2. The highest BCUT2D eigenvalue weighted by Gasteiger charge is 2.26. The van der Waals surface area contributed by atoms with E-state index in [0.717, 1.165) is 42.1 Å². The number of amides is 2. The molecule has 1 aliphatic rings. The van der Waals surface area contributed by atoms with Crippen LogP contribution in [0.25, 0.3) is 10.9 Å². The van der Waals surface area contributed by atoms with Crippen molar-refractivity contribution in [1.29, 1.82) is 0 Å². The summed E-state index contributed by atoms with van der Waals surface area (Å²) in [5.41, 5.74) is 2.48. The topological polar surface area (TPSA) is 84.0 Å². The van der Waals surface area contributed by atoms with Crippen molar-refractivity contribution in [3.8, 4) is 0 Å². The molecule has 0 aliphatic heterocycles. The van der Waals surface area contributed by atoms with Gasteiger partial charge in [0.1, 0.15) is 0 Å². The number of aromatic nitrogens is 2. The van der Waals surface area contributed by atoms with Crippen LogP contribution in [0.2, 0.25) is 0 Å². The number of benzene rings is 1. The maximum Gasteiger partial charge on any atom is 0.252 e. The SMILES string of the molecule is O=C(NCC1CCC(C(=O)NCc2cccnc2)CC1)c1ccnc2ccccc12. The maximum absolute atomic E-state index is 12.7. The van der Waals surface area contributed by atoms with Gasteiger partial charge in [-0.3, -0.25) is 19.6 Å². The number of para-hydroxylation sites is 1. The number of pyridine rings is 2. The van der Waals surface area contributed by atoms with Crippen LogP contribution in [0, 0.1) is 11.8 Å². The lowest BCUT2D eigenvalue weighted by molar-refractivity contribution is -0.126. The van der Waals surface area contributed by atoms with E-state index in [1.54, 1.807) is 24.7 Å². The fourth-order valence-corrected chi connectivity index (χ4v) is 4.09. The second kappa shape index (κ2) is 9.48. The molecule has 154 valence electrons. The molecule has 3 aromatic rings. The molecule has 30 heavy (non-hydrogen) atoms. The number of carbonyl (C=O) groups excluding carboxylic acids is 2. The first-order valence-corrected chi connectivity index (χ1v) is 10.5. The lowest BCUT2D eigenvalue weighted by atomic mass is 9.81. The van der Waals surface area contributed by atoms with Crippen molar-refractivity contribution < 1.29 is 9.59 Å². The first-order chi connectivity index (χ1) is 14.7. The number of hydrogen-bond acceptors (Lipinski definition) is 4. The lowest BCUT2D eigenvalue weighted by Crippen LogP contribution is -2.36. The minimum Gasteiger partial charge on any atom is -0.352 e. The van der Waals surface area contributed by atoms with Crippen LogP contribution in [0.3, 0.4) is 0 Å². The highest BCUT2D eigenvalue weighted by molar-refractivity contribution is 6.05. The van der Waals surface area contributed by atoms with Gasteiger partial charge < -0.3 is 10.6 Å². The van der Waals surface area contributed by atoms with Gasteiger partial charge in [0.2, 0.25) is 5.91 Å². The fourth-order valence-electron chi connectivity index (χ4n) is 4.09. The molecule has 0 saturated heterocycles. The van der Waals surface area contributed by atoms with Crippen LogP contribution >= 0.6 is 0 Å². The Kier molecular flexibility index (Phi) is 6.32. The van der Waals surface area contributed by atoms with Crippen LogP contribution in [0.1, 0.15) is 41.6 Å². The first kappa shape index (κ1) is 20.0. The Morgan fingerprint density at radius 2 is 1.77 bits per heavy atom. The highest BCUT2D eigenvalue weighted by Crippen LogP contribution is 2.28. The molecule has 0 radical (unpaired) electrons. The van der Waals surface area contributed by atoms with Gasteiger partial charge in [0.25, 0.3) is 5.91 Å². The second-order valence-corrected chi connectivity index (χ2v) is 7.88. The molecule has 2 heterocycles. The lowest BCUT2D eigenvalue weighted by Gasteiger charge is -2.28. The average Bonchev–Trinajstić information content (AvgIpc) is 2.81. The molecule has 1 aliphatic carbocycles. The van der Waals surface area contributed by atoms with Gasteiger partial charge in [-0.25, -0.2) is 0 Å². The maximum atomic E-state index is 12.7. The molecule has 1 saturated carbocycles. The van der Waals surface area contributed by atoms with Gasteiger partial charge in [0, 0.05) is 43.0 Å².